The minimum atomic E-state index is -3.67. The van der Waals surface area contributed by atoms with Crippen molar-refractivity contribution in [3.63, 3.8) is 0 Å². The third-order valence-corrected chi connectivity index (χ3v) is 6.58. The summed E-state index contributed by atoms with van der Waals surface area (Å²) in [6.45, 7) is 5.78. The lowest BCUT2D eigenvalue weighted by Crippen LogP contribution is -2.50. The van der Waals surface area contributed by atoms with Crippen molar-refractivity contribution in [2.24, 2.45) is 0 Å². The van der Waals surface area contributed by atoms with Crippen LogP contribution >= 0.6 is 0 Å². The molecule has 1 aromatic carbocycles. The van der Waals surface area contributed by atoms with E-state index >= 15 is 0 Å². The van der Waals surface area contributed by atoms with Crippen molar-refractivity contribution in [1.29, 1.82) is 0 Å². The Bertz CT molecular complexity index is 951. The van der Waals surface area contributed by atoms with Crippen LogP contribution in [0.5, 0.6) is 0 Å². The normalized spacial score (nSPS) is 15.7. The molecule has 2 heterocycles. The van der Waals surface area contributed by atoms with Crippen LogP contribution in [0.1, 0.15) is 39.1 Å². The summed E-state index contributed by atoms with van der Waals surface area (Å²) in [6, 6.07) is 5.89. The molecule has 0 unspecified atom stereocenters. The van der Waals surface area contributed by atoms with Crippen LogP contribution in [0, 0.1) is 13.8 Å². The van der Waals surface area contributed by atoms with Crippen LogP contribution in [0.25, 0.3) is 0 Å². The van der Waals surface area contributed by atoms with Gasteiger partial charge in [-0.3, -0.25) is 9.59 Å². The third kappa shape index (κ3) is 3.65. The van der Waals surface area contributed by atoms with Crippen molar-refractivity contribution in [2.75, 3.05) is 26.2 Å². The second-order valence-electron chi connectivity index (χ2n) is 6.48. The number of aromatic nitrogens is 1. The smallest absolute Gasteiger partial charge is 0.259 e. The SMILES string of the molecule is CC(=O)c1ccc(S(=O)(=O)N2CCN(C(=O)c3c(C)noc3C)CC2)cc1. The molecule has 1 aliphatic heterocycles. The first-order valence-corrected chi connectivity index (χ1v) is 9.99. The van der Waals surface area contributed by atoms with E-state index in [1.165, 1.54) is 35.5 Å². The fourth-order valence-electron chi connectivity index (χ4n) is 3.09. The number of carbonyl (C=O) groups excluding carboxylic acids is 2. The molecule has 3 rings (SSSR count). The van der Waals surface area contributed by atoms with Gasteiger partial charge in [0.15, 0.2) is 5.78 Å². The highest BCUT2D eigenvalue weighted by Gasteiger charge is 2.32. The number of benzene rings is 1. The van der Waals surface area contributed by atoms with Crippen molar-refractivity contribution in [2.45, 2.75) is 25.7 Å². The zero-order valence-corrected chi connectivity index (χ0v) is 16.2. The minimum absolute atomic E-state index is 0.120. The lowest BCUT2D eigenvalue weighted by molar-refractivity contribution is 0.0695. The number of nitrogens with zero attached hydrogens (tertiary/aromatic N) is 3. The standard InChI is InChI=1S/C18H21N3O5S/c1-12-17(14(3)26-19-12)18(23)20-8-10-21(11-9-20)27(24,25)16-6-4-15(5-7-16)13(2)22/h4-7H,8-11H2,1-3H3. The molecule has 0 aliphatic carbocycles. The summed E-state index contributed by atoms with van der Waals surface area (Å²) in [5, 5.41) is 3.79. The quantitative estimate of drug-likeness (QED) is 0.735. The summed E-state index contributed by atoms with van der Waals surface area (Å²) >= 11 is 0. The van der Waals surface area contributed by atoms with Crippen LogP contribution in [0.4, 0.5) is 0 Å². The van der Waals surface area contributed by atoms with Crippen molar-refractivity contribution in [1.82, 2.24) is 14.4 Å². The van der Waals surface area contributed by atoms with Gasteiger partial charge in [-0.15, -0.1) is 0 Å². The second-order valence-corrected chi connectivity index (χ2v) is 8.41. The Morgan fingerprint density at radius 1 is 1.04 bits per heavy atom. The number of piperazine rings is 1. The Balaban J connectivity index is 1.71. The second kappa shape index (κ2) is 7.24. The number of carbonyl (C=O) groups is 2. The molecular formula is C18H21N3O5S. The van der Waals surface area contributed by atoms with E-state index in [-0.39, 0.29) is 42.8 Å². The number of amides is 1. The molecule has 144 valence electrons. The molecule has 1 aliphatic rings. The summed E-state index contributed by atoms with van der Waals surface area (Å²) in [5.74, 6) is 0.137. The number of ketones is 1. The monoisotopic (exact) mass is 391 g/mol. The Labute approximate surface area is 157 Å². The molecule has 2 aromatic rings. The predicted octanol–water partition coefficient (Wildman–Crippen LogP) is 1.64. The van der Waals surface area contributed by atoms with E-state index in [1.807, 2.05) is 0 Å². The summed E-state index contributed by atoms with van der Waals surface area (Å²) in [7, 11) is -3.67. The molecule has 0 saturated carbocycles. The summed E-state index contributed by atoms with van der Waals surface area (Å²) in [6.07, 6.45) is 0. The van der Waals surface area contributed by atoms with Crippen molar-refractivity contribution in [3.8, 4) is 0 Å². The molecule has 0 N–H and O–H groups in total. The molecule has 1 aromatic heterocycles. The van der Waals surface area contributed by atoms with Gasteiger partial charge >= 0.3 is 0 Å². The highest BCUT2D eigenvalue weighted by molar-refractivity contribution is 7.89. The Hall–Kier alpha value is -2.52. The topological polar surface area (TPSA) is 101 Å². The maximum absolute atomic E-state index is 12.8. The van der Waals surface area contributed by atoms with Gasteiger partial charge in [0, 0.05) is 31.7 Å². The third-order valence-electron chi connectivity index (χ3n) is 4.67. The maximum Gasteiger partial charge on any atom is 0.259 e. The zero-order valence-electron chi connectivity index (χ0n) is 15.4. The zero-order chi connectivity index (χ0) is 19.8. The number of rotatable bonds is 4. The maximum atomic E-state index is 12.8. The van der Waals surface area contributed by atoms with E-state index < -0.39 is 10.0 Å². The highest BCUT2D eigenvalue weighted by atomic mass is 32.2. The molecule has 1 amide bonds. The van der Waals surface area contributed by atoms with Crippen LogP contribution in [-0.2, 0) is 10.0 Å². The molecule has 0 bridgehead atoms. The number of aryl methyl sites for hydroxylation is 2. The van der Waals surface area contributed by atoms with Crippen LogP contribution in [-0.4, -0.2) is 60.6 Å². The van der Waals surface area contributed by atoms with Gasteiger partial charge < -0.3 is 9.42 Å². The Morgan fingerprint density at radius 2 is 1.63 bits per heavy atom. The van der Waals surface area contributed by atoms with Gasteiger partial charge in [-0.1, -0.05) is 17.3 Å². The van der Waals surface area contributed by atoms with Crippen molar-refractivity contribution >= 4 is 21.7 Å². The van der Waals surface area contributed by atoms with E-state index in [9.17, 15) is 18.0 Å². The Kier molecular flexibility index (Phi) is 5.16. The van der Waals surface area contributed by atoms with E-state index in [0.29, 0.717) is 22.6 Å². The number of hydrogen-bond acceptors (Lipinski definition) is 6. The number of Topliss-reactive ketones (excluding diaryl/α,β-unsaturated/α-hetero) is 1. The van der Waals surface area contributed by atoms with Gasteiger partial charge in [-0.05, 0) is 32.9 Å². The average Bonchev–Trinajstić information content (AvgIpc) is 2.99. The van der Waals surface area contributed by atoms with Crippen LogP contribution in [0.15, 0.2) is 33.7 Å². The van der Waals surface area contributed by atoms with Crippen molar-refractivity contribution in [3.05, 3.63) is 46.8 Å². The summed E-state index contributed by atoms with van der Waals surface area (Å²) in [4.78, 5) is 25.7. The Morgan fingerprint density at radius 3 is 2.11 bits per heavy atom. The van der Waals surface area contributed by atoms with Crippen molar-refractivity contribution < 1.29 is 22.5 Å². The average molecular weight is 391 g/mol. The molecule has 1 saturated heterocycles. The van der Waals surface area contributed by atoms with Gasteiger partial charge in [-0.25, -0.2) is 8.42 Å². The largest absolute Gasteiger partial charge is 0.361 e. The van der Waals surface area contributed by atoms with Gasteiger partial charge in [0.1, 0.15) is 11.3 Å². The van der Waals surface area contributed by atoms with Gasteiger partial charge in [-0.2, -0.15) is 4.31 Å². The molecule has 0 atom stereocenters. The summed E-state index contributed by atoms with van der Waals surface area (Å²) < 4.78 is 32.0. The molecule has 8 nitrogen and oxygen atoms in total. The highest BCUT2D eigenvalue weighted by Crippen LogP contribution is 2.21. The van der Waals surface area contributed by atoms with Crippen LogP contribution in [0.3, 0.4) is 0 Å². The molecule has 0 spiro atoms. The lowest BCUT2D eigenvalue weighted by atomic mass is 10.1. The summed E-state index contributed by atoms with van der Waals surface area (Å²) in [5.41, 5.74) is 1.42. The van der Waals surface area contributed by atoms with E-state index in [4.69, 9.17) is 4.52 Å². The molecular weight excluding hydrogens is 370 g/mol. The van der Waals surface area contributed by atoms with E-state index in [1.54, 1.807) is 18.7 Å². The first kappa shape index (κ1) is 19.2. The first-order chi connectivity index (χ1) is 12.7. The van der Waals surface area contributed by atoms with Gasteiger partial charge in [0.2, 0.25) is 10.0 Å². The molecule has 9 heteroatoms. The van der Waals surface area contributed by atoms with E-state index in [2.05, 4.69) is 5.16 Å². The lowest BCUT2D eigenvalue weighted by Gasteiger charge is -2.34. The molecule has 1 fully saturated rings. The first-order valence-electron chi connectivity index (χ1n) is 8.55. The minimum Gasteiger partial charge on any atom is -0.361 e. The number of hydrogen-bond donors (Lipinski definition) is 0. The van der Waals surface area contributed by atoms with Gasteiger partial charge in [0.05, 0.1) is 10.6 Å². The van der Waals surface area contributed by atoms with Gasteiger partial charge in [0.25, 0.3) is 5.91 Å². The van der Waals surface area contributed by atoms with E-state index in [0.717, 1.165) is 0 Å². The van der Waals surface area contributed by atoms with Crippen LogP contribution < -0.4 is 0 Å². The fraction of sp³-hybridized carbons (Fsp3) is 0.389. The van der Waals surface area contributed by atoms with Crippen LogP contribution in [0.2, 0.25) is 0 Å². The predicted molar refractivity (Wildman–Crippen MR) is 97.1 cm³/mol. The molecule has 27 heavy (non-hydrogen) atoms. The number of sulfonamides is 1. The molecule has 0 radical (unpaired) electrons. The fourth-order valence-corrected chi connectivity index (χ4v) is 4.51.